The number of amides is 1. The molecule has 22 heavy (non-hydrogen) atoms. The maximum atomic E-state index is 12.2. The average molecular weight is 324 g/mol. The first kappa shape index (κ1) is 15.5. The van der Waals surface area contributed by atoms with Crippen LogP contribution in [0.5, 0.6) is 0 Å². The standard InChI is InChI=1S/C15H20N2O4S/c1-22(19,20)17-7-13-8-21-11-15(13,10-17)9-16-14(18)12-5-3-2-4-6-12/h2-6,13H,7-11H2,1H3,(H,16,18)/t13-,15+/m1/s1. The van der Waals surface area contributed by atoms with Crippen molar-refractivity contribution < 1.29 is 17.9 Å². The van der Waals surface area contributed by atoms with Crippen LogP contribution in [-0.4, -0.2) is 57.7 Å². The molecule has 0 radical (unpaired) electrons. The van der Waals surface area contributed by atoms with E-state index in [1.807, 2.05) is 18.2 Å². The number of benzene rings is 1. The Morgan fingerprint density at radius 1 is 1.41 bits per heavy atom. The summed E-state index contributed by atoms with van der Waals surface area (Å²) in [6.07, 6.45) is 1.23. The second-order valence-corrected chi connectivity index (χ2v) is 8.16. The third kappa shape index (κ3) is 2.88. The summed E-state index contributed by atoms with van der Waals surface area (Å²) in [7, 11) is -3.21. The number of hydrogen-bond donors (Lipinski definition) is 1. The summed E-state index contributed by atoms with van der Waals surface area (Å²) in [5.41, 5.74) is 0.292. The molecule has 3 rings (SSSR count). The van der Waals surface area contributed by atoms with E-state index >= 15 is 0 Å². The number of hydrogen-bond acceptors (Lipinski definition) is 4. The normalized spacial score (nSPS) is 28.5. The van der Waals surface area contributed by atoms with Crippen molar-refractivity contribution in [2.24, 2.45) is 11.3 Å². The quantitative estimate of drug-likeness (QED) is 0.866. The zero-order valence-corrected chi connectivity index (χ0v) is 13.3. The maximum absolute atomic E-state index is 12.2. The fourth-order valence-corrected chi connectivity index (χ4v) is 4.18. The Labute approximate surface area is 130 Å². The number of rotatable bonds is 4. The predicted octanol–water partition coefficient (Wildman–Crippen LogP) is 0.324. The monoisotopic (exact) mass is 324 g/mol. The molecule has 120 valence electrons. The second-order valence-electron chi connectivity index (χ2n) is 6.18. The Morgan fingerprint density at radius 3 is 2.82 bits per heavy atom. The summed E-state index contributed by atoms with van der Waals surface area (Å²) in [6.45, 7) is 2.34. The highest BCUT2D eigenvalue weighted by Crippen LogP contribution is 2.41. The molecule has 6 nitrogen and oxygen atoms in total. The van der Waals surface area contributed by atoms with Gasteiger partial charge in [-0.05, 0) is 12.1 Å². The Kier molecular flexibility index (Phi) is 3.96. The largest absolute Gasteiger partial charge is 0.380 e. The van der Waals surface area contributed by atoms with E-state index in [0.29, 0.717) is 38.4 Å². The molecule has 2 heterocycles. The van der Waals surface area contributed by atoms with Gasteiger partial charge in [-0.15, -0.1) is 0 Å². The zero-order valence-electron chi connectivity index (χ0n) is 12.5. The topological polar surface area (TPSA) is 75.7 Å². The minimum atomic E-state index is -3.21. The van der Waals surface area contributed by atoms with Gasteiger partial charge in [-0.25, -0.2) is 12.7 Å². The molecule has 2 aliphatic heterocycles. The number of fused-ring (bicyclic) bond motifs is 1. The lowest BCUT2D eigenvalue weighted by molar-refractivity contribution is 0.0915. The van der Waals surface area contributed by atoms with E-state index in [0.717, 1.165) is 0 Å². The molecule has 0 aromatic heterocycles. The molecule has 1 aromatic rings. The van der Waals surface area contributed by atoms with Gasteiger partial charge >= 0.3 is 0 Å². The van der Waals surface area contributed by atoms with Crippen LogP contribution < -0.4 is 5.32 Å². The van der Waals surface area contributed by atoms with Crippen LogP contribution in [-0.2, 0) is 14.8 Å². The Balaban J connectivity index is 1.69. The SMILES string of the molecule is CS(=O)(=O)N1C[C@@H]2COC[C@]2(CNC(=O)c2ccccc2)C1. The fraction of sp³-hybridized carbons (Fsp3) is 0.533. The first-order valence-corrected chi connectivity index (χ1v) is 9.12. The number of nitrogens with one attached hydrogen (secondary N) is 1. The van der Waals surface area contributed by atoms with Crippen LogP contribution in [0.4, 0.5) is 0 Å². The zero-order chi connectivity index (χ0) is 15.8. The van der Waals surface area contributed by atoms with Crippen molar-refractivity contribution in [1.29, 1.82) is 0 Å². The molecule has 2 saturated heterocycles. The molecule has 0 spiro atoms. The molecule has 0 aliphatic carbocycles. The molecule has 2 fully saturated rings. The molecule has 0 bridgehead atoms. The maximum Gasteiger partial charge on any atom is 0.251 e. The van der Waals surface area contributed by atoms with Crippen molar-refractivity contribution in [3.63, 3.8) is 0 Å². The third-order valence-corrected chi connectivity index (χ3v) is 5.81. The molecular weight excluding hydrogens is 304 g/mol. The van der Waals surface area contributed by atoms with E-state index in [1.54, 1.807) is 12.1 Å². The van der Waals surface area contributed by atoms with E-state index in [9.17, 15) is 13.2 Å². The van der Waals surface area contributed by atoms with Crippen LogP contribution in [0.3, 0.4) is 0 Å². The number of carbonyl (C=O) groups excluding carboxylic acids is 1. The van der Waals surface area contributed by atoms with Crippen molar-refractivity contribution in [2.45, 2.75) is 0 Å². The minimum Gasteiger partial charge on any atom is -0.380 e. The number of sulfonamides is 1. The van der Waals surface area contributed by atoms with E-state index in [4.69, 9.17) is 4.74 Å². The molecule has 2 atom stereocenters. The highest BCUT2D eigenvalue weighted by atomic mass is 32.2. The van der Waals surface area contributed by atoms with Gasteiger partial charge in [0.15, 0.2) is 0 Å². The van der Waals surface area contributed by atoms with Crippen molar-refractivity contribution in [2.75, 3.05) is 39.1 Å². The molecule has 7 heteroatoms. The number of ether oxygens (including phenoxy) is 1. The smallest absolute Gasteiger partial charge is 0.251 e. The number of carbonyl (C=O) groups is 1. The van der Waals surface area contributed by atoms with E-state index < -0.39 is 10.0 Å². The molecule has 1 aromatic carbocycles. The van der Waals surface area contributed by atoms with Crippen molar-refractivity contribution in [3.05, 3.63) is 35.9 Å². The summed E-state index contributed by atoms with van der Waals surface area (Å²) in [5, 5.41) is 2.93. The van der Waals surface area contributed by atoms with Gasteiger partial charge in [0.2, 0.25) is 10.0 Å². The molecule has 1 N–H and O–H groups in total. The molecule has 0 unspecified atom stereocenters. The molecule has 2 aliphatic rings. The van der Waals surface area contributed by atoms with Gasteiger partial charge < -0.3 is 10.1 Å². The lowest BCUT2D eigenvalue weighted by atomic mass is 9.81. The highest BCUT2D eigenvalue weighted by molar-refractivity contribution is 7.88. The van der Waals surface area contributed by atoms with Gasteiger partial charge in [-0.2, -0.15) is 0 Å². The van der Waals surface area contributed by atoms with Gasteiger partial charge in [0, 0.05) is 36.5 Å². The first-order valence-electron chi connectivity index (χ1n) is 7.27. The Hall–Kier alpha value is -1.44. The van der Waals surface area contributed by atoms with E-state index in [2.05, 4.69) is 5.32 Å². The highest BCUT2D eigenvalue weighted by Gasteiger charge is 2.52. The van der Waals surface area contributed by atoms with Crippen LogP contribution in [0, 0.1) is 11.3 Å². The fourth-order valence-electron chi connectivity index (χ4n) is 3.23. The van der Waals surface area contributed by atoms with Crippen LogP contribution in [0.2, 0.25) is 0 Å². The Morgan fingerprint density at radius 2 is 2.14 bits per heavy atom. The summed E-state index contributed by atoms with van der Waals surface area (Å²) < 4.78 is 30.6. The minimum absolute atomic E-state index is 0.137. The number of nitrogens with zero attached hydrogens (tertiary/aromatic N) is 1. The van der Waals surface area contributed by atoms with Crippen LogP contribution in [0.15, 0.2) is 30.3 Å². The molecule has 1 amide bonds. The first-order chi connectivity index (χ1) is 10.4. The second kappa shape index (κ2) is 5.64. The Bertz CT molecular complexity index is 661. The third-order valence-electron chi connectivity index (χ3n) is 4.60. The van der Waals surface area contributed by atoms with Gasteiger partial charge in [-0.3, -0.25) is 4.79 Å². The molecular formula is C15H20N2O4S. The van der Waals surface area contributed by atoms with E-state index in [1.165, 1.54) is 10.6 Å². The summed E-state index contributed by atoms with van der Waals surface area (Å²) in [6, 6.07) is 9.00. The van der Waals surface area contributed by atoms with Crippen molar-refractivity contribution >= 4 is 15.9 Å². The summed E-state index contributed by atoms with van der Waals surface area (Å²) in [5.74, 6) is -0.00303. The van der Waals surface area contributed by atoms with Gasteiger partial charge in [0.1, 0.15) is 0 Å². The molecule has 0 saturated carbocycles. The van der Waals surface area contributed by atoms with Gasteiger partial charge in [-0.1, -0.05) is 18.2 Å². The lowest BCUT2D eigenvalue weighted by Crippen LogP contribution is -2.43. The van der Waals surface area contributed by atoms with Crippen LogP contribution in [0.1, 0.15) is 10.4 Å². The van der Waals surface area contributed by atoms with Crippen molar-refractivity contribution in [3.8, 4) is 0 Å². The van der Waals surface area contributed by atoms with E-state index in [-0.39, 0.29) is 17.2 Å². The van der Waals surface area contributed by atoms with Crippen molar-refractivity contribution in [1.82, 2.24) is 9.62 Å². The van der Waals surface area contributed by atoms with Crippen LogP contribution in [0.25, 0.3) is 0 Å². The van der Waals surface area contributed by atoms with Gasteiger partial charge in [0.25, 0.3) is 5.91 Å². The predicted molar refractivity (Wildman–Crippen MR) is 81.9 cm³/mol. The lowest BCUT2D eigenvalue weighted by Gasteiger charge is -2.27. The van der Waals surface area contributed by atoms with Crippen LogP contribution >= 0.6 is 0 Å². The summed E-state index contributed by atoms with van der Waals surface area (Å²) >= 11 is 0. The summed E-state index contributed by atoms with van der Waals surface area (Å²) in [4.78, 5) is 12.2. The average Bonchev–Trinajstić information content (AvgIpc) is 3.02. The van der Waals surface area contributed by atoms with Gasteiger partial charge in [0.05, 0.1) is 19.5 Å².